The Bertz CT molecular complexity index is 1690. The summed E-state index contributed by atoms with van der Waals surface area (Å²) in [7, 11) is -1.02. The van der Waals surface area contributed by atoms with Gasteiger partial charge in [-0.15, -0.1) is 0 Å². The lowest BCUT2D eigenvalue weighted by atomic mass is 10.0. The van der Waals surface area contributed by atoms with E-state index >= 15 is 0 Å². The molecule has 0 aliphatic heterocycles. The fourth-order valence-corrected chi connectivity index (χ4v) is 4.59. The molecule has 0 fully saturated rings. The number of phenols is 1. The highest BCUT2D eigenvalue weighted by Gasteiger charge is 2.27. The number of primary sulfonamides is 1. The van der Waals surface area contributed by atoms with Gasteiger partial charge in [0.15, 0.2) is 11.3 Å². The van der Waals surface area contributed by atoms with Crippen molar-refractivity contribution < 1.29 is 31.8 Å². The van der Waals surface area contributed by atoms with Gasteiger partial charge < -0.3 is 19.0 Å². The molecule has 3 N–H and O–H groups in total. The number of furan rings is 1. The number of aromatic nitrogens is 2. The minimum Gasteiger partial charge on any atom is -0.504 e. The van der Waals surface area contributed by atoms with Crippen LogP contribution in [-0.2, 0) is 10.0 Å². The van der Waals surface area contributed by atoms with Crippen molar-refractivity contribution >= 4 is 21.0 Å². The van der Waals surface area contributed by atoms with E-state index in [-0.39, 0.29) is 22.0 Å². The SMILES string of the molecule is COc1c(-c2cc(-c3ccc(F)cc3)n(-c3ccc(S(N)(=O)=O)cc3)n2)c(O)c(OC)c2occc12. The number of ether oxygens (including phenoxy) is 2. The predicted octanol–water partition coefficient (Wildman–Crippen LogP) is 4.46. The molecule has 3 aromatic carbocycles. The quantitative estimate of drug-likeness (QED) is 0.346. The minimum atomic E-state index is -3.89. The number of rotatable bonds is 6. The molecule has 9 nitrogen and oxygen atoms in total. The summed E-state index contributed by atoms with van der Waals surface area (Å²) < 4.78 is 55.1. The number of sulfonamides is 1. The second-order valence-electron chi connectivity index (χ2n) is 7.83. The summed E-state index contributed by atoms with van der Waals surface area (Å²) in [5.41, 5.74) is 2.56. The number of hydrogen-bond acceptors (Lipinski definition) is 7. The highest BCUT2D eigenvalue weighted by molar-refractivity contribution is 7.89. The van der Waals surface area contributed by atoms with E-state index in [4.69, 9.17) is 24.1 Å². The van der Waals surface area contributed by atoms with Gasteiger partial charge in [-0.2, -0.15) is 5.10 Å². The first-order valence-corrected chi connectivity index (χ1v) is 12.1. The molecule has 184 valence electrons. The molecule has 0 aliphatic rings. The van der Waals surface area contributed by atoms with Gasteiger partial charge >= 0.3 is 0 Å². The third-order valence-electron chi connectivity index (χ3n) is 5.72. The van der Waals surface area contributed by atoms with E-state index < -0.39 is 15.8 Å². The van der Waals surface area contributed by atoms with Crippen molar-refractivity contribution in [1.82, 2.24) is 9.78 Å². The second-order valence-corrected chi connectivity index (χ2v) is 9.39. The van der Waals surface area contributed by atoms with E-state index in [1.165, 1.54) is 44.7 Å². The average molecular weight is 510 g/mol. The number of halogens is 1. The third-order valence-corrected chi connectivity index (χ3v) is 6.65. The zero-order chi connectivity index (χ0) is 25.6. The molecule has 5 aromatic rings. The molecule has 0 atom stereocenters. The van der Waals surface area contributed by atoms with Crippen molar-refractivity contribution in [3.63, 3.8) is 0 Å². The number of aromatic hydroxyl groups is 1. The van der Waals surface area contributed by atoms with Crippen molar-refractivity contribution in [2.45, 2.75) is 4.90 Å². The standard InChI is InChI=1S/C25H20FN3O6S/c1-33-23-18-11-12-35-24(18)25(34-2)22(30)21(23)19-13-20(14-3-5-15(26)6-4-14)29(28-19)16-7-9-17(10-8-16)36(27,31)32/h3-13,30H,1-2H3,(H2,27,31,32). The van der Waals surface area contributed by atoms with Gasteiger partial charge in [-0.3, -0.25) is 0 Å². The van der Waals surface area contributed by atoms with E-state index in [9.17, 15) is 17.9 Å². The number of nitrogens with zero attached hydrogens (tertiary/aromatic N) is 2. The molecule has 0 unspecified atom stereocenters. The maximum atomic E-state index is 13.6. The molecule has 0 aliphatic carbocycles. The van der Waals surface area contributed by atoms with Crippen LogP contribution in [0.25, 0.3) is 39.2 Å². The number of hydrogen-bond donors (Lipinski definition) is 2. The fraction of sp³-hybridized carbons (Fsp3) is 0.0800. The Morgan fingerprint density at radius 1 is 1.00 bits per heavy atom. The summed E-state index contributed by atoms with van der Waals surface area (Å²) in [5, 5.41) is 21.6. The zero-order valence-electron chi connectivity index (χ0n) is 19.1. The Labute approximate surface area is 205 Å². The predicted molar refractivity (Wildman–Crippen MR) is 130 cm³/mol. The van der Waals surface area contributed by atoms with Crippen molar-refractivity contribution in [3.8, 4) is 45.5 Å². The largest absolute Gasteiger partial charge is 0.504 e. The van der Waals surface area contributed by atoms with E-state index in [1.807, 2.05) is 0 Å². The molecule has 0 amide bonds. The molecule has 2 heterocycles. The number of methoxy groups -OCH3 is 2. The number of benzene rings is 3. The zero-order valence-corrected chi connectivity index (χ0v) is 19.9. The normalized spacial score (nSPS) is 11.7. The Kier molecular flexibility index (Phi) is 5.65. The van der Waals surface area contributed by atoms with Gasteiger partial charge in [-0.1, -0.05) is 0 Å². The molecule has 0 bridgehead atoms. The van der Waals surface area contributed by atoms with Crippen molar-refractivity contribution in [3.05, 3.63) is 72.7 Å². The van der Waals surface area contributed by atoms with Crippen LogP contribution in [-0.4, -0.2) is 37.5 Å². The lowest BCUT2D eigenvalue weighted by Gasteiger charge is -2.13. The summed E-state index contributed by atoms with van der Waals surface area (Å²) in [6, 6.07) is 15.0. The van der Waals surface area contributed by atoms with Crippen LogP contribution in [0.4, 0.5) is 4.39 Å². The van der Waals surface area contributed by atoms with Crippen LogP contribution in [0.5, 0.6) is 17.2 Å². The Morgan fingerprint density at radius 3 is 2.28 bits per heavy atom. The first-order valence-electron chi connectivity index (χ1n) is 10.6. The Hall–Kier alpha value is -4.35. The molecule has 5 rings (SSSR count). The monoisotopic (exact) mass is 509 g/mol. The van der Waals surface area contributed by atoms with Crippen molar-refractivity contribution in [2.75, 3.05) is 14.2 Å². The first kappa shape index (κ1) is 23.4. The van der Waals surface area contributed by atoms with E-state index in [0.29, 0.717) is 39.4 Å². The number of phenolic OH excluding ortho intramolecular Hbond substituents is 1. The van der Waals surface area contributed by atoms with E-state index in [0.717, 1.165) is 0 Å². The summed E-state index contributed by atoms with van der Waals surface area (Å²) in [4.78, 5) is -0.0589. The summed E-state index contributed by atoms with van der Waals surface area (Å²) >= 11 is 0. The molecule has 0 spiro atoms. The highest BCUT2D eigenvalue weighted by atomic mass is 32.2. The maximum absolute atomic E-state index is 13.6. The maximum Gasteiger partial charge on any atom is 0.238 e. The lowest BCUT2D eigenvalue weighted by Crippen LogP contribution is -2.12. The third kappa shape index (κ3) is 3.84. The molecular weight excluding hydrogens is 489 g/mol. The van der Waals surface area contributed by atoms with Crippen LogP contribution >= 0.6 is 0 Å². The number of fused-ring (bicyclic) bond motifs is 1. The molecular formula is C25H20FN3O6S. The van der Waals surface area contributed by atoms with Crippen LogP contribution in [0.3, 0.4) is 0 Å². The molecule has 0 saturated carbocycles. The minimum absolute atomic E-state index is 0.0589. The Morgan fingerprint density at radius 2 is 1.67 bits per heavy atom. The summed E-state index contributed by atoms with van der Waals surface area (Å²) in [6.45, 7) is 0. The van der Waals surface area contributed by atoms with Gasteiger partial charge in [0.25, 0.3) is 0 Å². The summed E-state index contributed by atoms with van der Waals surface area (Å²) in [6.07, 6.45) is 1.45. The van der Waals surface area contributed by atoms with Gasteiger partial charge in [-0.05, 0) is 60.7 Å². The highest BCUT2D eigenvalue weighted by Crippen LogP contribution is 2.50. The molecule has 0 radical (unpaired) electrons. The van der Waals surface area contributed by atoms with Crippen LogP contribution in [0.2, 0.25) is 0 Å². The van der Waals surface area contributed by atoms with E-state index in [1.54, 1.807) is 41.1 Å². The fourth-order valence-electron chi connectivity index (χ4n) is 4.07. The van der Waals surface area contributed by atoms with Gasteiger partial charge in [-0.25, -0.2) is 22.6 Å². The van der Waals surface area contributed by atoms with Crippen LogP contribution < -0.4 is 14.6 Å². The van der Waals surface area contributed by atoms with Crippen LogP contribution in [0.15, 0.2) is 76.2 Å². The average Bonchev–Trinajstić information content (AvgIpc) is 3.51. The second kappa shape index (κ2) is 8.70. The number of nitrogens with two attached hydrogens (primary N) is 1. The van der Waals surface area contributed by atoms with Gasteiger partial charge in [0.05, 0.1) is 47.7 Å². The summed E-state index contributed by atoms with van der Waals surface area (Å²) in [5.74, 6) is -0.216. The van der Waals surface area contributed by atoms with Gasteiger partial charge in [0.2, 0.25) is 15.8 Å². The van der Waals surface area contributed by atoms with Crippen molar-refractivity contribution in [1.29, 1.82) is 0 Å². The molecule has 2 aromatic heterocycles. The molecule has 0 saturated heterocycles. The topological polar surface area (TPSA) is 130 Å². The Balaban J connectivity index is 1.78. The smallest absolute Gasteiger partial charge is 0.238 e. The van der Waals surface area contributed by atoms with Gasteiger partial charge in [0, 0.05) is 5.56 Å². The van der Waals surface area contributed by atoms with E-state index in [2.05, 4.69) is 0 Å². The van der Waals surface area contributed by atoms with Crippen LogP contribution in [0, 0.1) is 5.82 Å². The molecule has 36 heavy (non-hydrogen) atoms. The molecule has 11 heteroatoms. The van der Waals surface area contributed by atoms with Crippen LogP contribution in [0.1, 0.15) is 0 Å². The van der Waals surface area contributed by atoms with Gasteiger partial charge in [0.1, 0.15) is 17.3 Å². The lowest BCUT2D eigenvalue weighted by molar-refractivity contribution is 0.367. The van der Waals surface area contributed by atoms with Crippen molar-refractivity contribution in [2.24, 2.45) is 5.14 Å². The first-order chi connectivity index (χ1) is 17.2.